The predicted molar refractivity (Wildman–Crippen MR) is 70.2 cm³/mol. The molecule has 1 atom stereocenters. The molecule has 0 heterocycles. The maximum atomic E-state index is 12.1. The second-order valence-electron chi connectivity index (χ2n) is 4.02. The first-order chi connectivity index (χ1) is 9.13. The minimum Gasteiger partial charge on any atom is -0.481 e. The third-order valence-electron chi connectivity index (χ3n) is 2.41. The van der Waals surface area contributed by atoms with E-state index >= 15 is 0 Å². The number of halogens is 1. The van der Waals surface area contributed by atoms with Crippen LogP contribution in [-0.4, -0.2) is 36.6 Å². The number of nitrogens with one attached hydrogen (secondary N) is 1. The molecule has 0 aromatic heterocycles. The van der Waals surface area contributed by atoms with Crippen LogP contribution in [0.1, 0.15) is 12.0 Å². The van der Waals surface area contributed by atoms with Gasteiger partial charge in [0.05, 0.1) is 11.3 Å². The van der Waals surface area contributed by atoms with Crippen molar-refractivity contribution in [3.05, 3.63) is 28.8 Å². The number of benzene rings is 1. The molecule has 1 aromatic rings. The van der Waals surface area contributed by atoms with Crippen LogP contribution < -0.4 is 4.72 Å². The fraction of sp³-hybridized carbons (Fsp3) is 0.273. The van der Waals surface area contributed by atoms with Gasteiger partial charge in [-0.1, -0.05) is 17.7 Å². The highest BCUT2D eigenvalue weighted by Crippen LogP contribution is 2.20. The summed E-state index contributed by atoms with van der Waals surface area (Å²) in [5, 5.41) is 17.6. The van der Waals surface area contributed by atoms with Crippen LogP contribution in [-0.2, 0) is 19.6 Å². The summed E-state index contributed by atoms with van der Waals surface area (Å²) in [6.07, 6.45) is -0.867. The van der Waals surface area contributed by atoms with Crippen molar-refractivity contribution < 1.29 is 28.2 Å². The van der Waals surface area contributed by atoms with Crippen LogP contribution in [0, 0.1) is 6.92 Å². The molecule has 1 rings (SSSR count). The molecule has 0 saturated heterocycles. The van der Waals surface area contributed by atoms with Crippen molar-refractivity contribution in [2.24, 2.45) is 0 Å². The number of carboxylic acid groups (broad SMARTS) is 2. The van der Waals surface area contributed by atoms with Crippen LogP contribution in [0.3, 0.4) is 0 Å². The summed E-state index contributed by atoms with van der Waals surface area (Å²) in [5.41, 5.74) is 0.362. The van der Waals surface area contributed by atoms with Crippen LogP contribution >= 0.6 is 11.6 Å². The topological polar surface area (TPSA) is 121 Å². The summed E-state index contributed by atoms with van der Waals surface area (Å²) in [5.74, 6) is -3.00. The van der Waals surface area contributed by atoms with E-state index in [4.69, 9.17) is 21.8 Å². The molecule has 0 unspecified atom stereocenters. The number of carboxylic acids is 2. The molecule has 1 aromatic carbocycles. The zero-order valence-electron chi connectivity index (χ0n) is 10.3. The summed E-state index contributed by atoms with van der Waals surface area (Å²) < 4.78 is 26.0. The fourth-order valence-corrected chi connectivity index (χ4v) is 3.16. The lowest BCUT2D eigenvalue weighted by Gasteiger charge is -2.14. The predicted octanol–water partition coefficient (Wildman–Crippen LogP) is 0.855. The largest absolute Gasteiger partial charge is 0.481 e. The Bertz CT molecular complexity index is 642. The van der Waals surface area contributed by atoms with Gasteiger partial charge in [-0.3, -0.25) is 9.59 Å². The van der Waals surface area contributed by atoms with E-state index in [0.717, 1.165) is 0 Å². The smallest absolute Gasteiger partial charge is 0.322 e. The Morgan fingerprint density at radius 3 is 2.45 bits per heavy atom. The van der Waals surface area contributed by atoms with Gasteiger partial charge in [0.1, 0.15) is 6.04 Å². The average molecular weight is 322 g/mol. The lowest BCUT2D eigenvalue weighted by molar-refractivity contribution is -0.145. The van der Waals surface area contributed by atoms with Crippen molar-refractivity contribution in [3.63, 3.8) is 0 Å². The summed E-state index contributed by atoms with van der Waals surface area (Å²) in [6.45, 7) is 1.51. The minimum atomic E-state index is -4.18. The Balaban J connectivity index is 3.12. The number of sulfonamides is 1. The SMILES string of the molecule is Cc1ccc(Cl)cc1S(=O)(=O)N[C@@H](CC(=O)O)C(=O)O. The van der Waals surface area contributed by atoms with Gasteiger partial charge in [-0.2, -0.15) is 4.72 Å². The number of aryl methyl sites for hydroxylation is 1. The van der Waals surface area contributed by atoms with E-state index in [9.17, 15) is 18.0 Å². The van der Waals surface area contributed by atoms with Crippen LogP contribution in [0.15, 0.2) is 23.1 Å². The van der Waals surface area contributed by atoms with Crippen molar-refractivity contribution in [3.8, 4) is 0 Å². The lowest BCUT2D eigenvalue weighted by atomic mass is 10.2. The third kappa shape index (κ3) is 4.19. The van der Waals surface area contributed by atoms with Gasteiger partial charge in [0.15, 0.2) is 0 Å². The molecule has 0 fully saturated rings. The second kappa shape index (κ2) is 6.21. The van der Waals surface area contributed by atoms with Gasteiger partial charge in [0.25, 0.3) is 0 Å². The number of aliphatic carboxylic acids is 2. The molecule has 0 bridgehead atoms. The molecule has 0 saturated carbocycles. The first-order valence-corrected chi connectivity index (χ1v) is 7.22. The van der Waals surface area contributed by atoms with Crippen molar-refractivity contribution in [1.29, 1.82) is 0 Å². The third-order valence-corrected chi connectivity index (χ3v) is 4.26. The van der Waals surface area contributed by atoms with Crippen molar-refractivity contribution >= 4 is 33.6 Å². The molecular weight excluding hydrogens is 310 g/mol. The monoisotopic (exact) mass is 321 g/mol. The molecule has 3 N–H and O–H groups in total. The van der Waals surface area contributed by atoms with E-state index < -0.39 is 34.4 Å². The summed E-state index contributed by atoms with van der Waals surface area (Å²) >= 11 is 5.70. The molecule has 7 nitrogen and oxygen atoms in total. The lowest BCUT2D eigenvalue weighted by Crippen LogP contribution is -2.42. The molecule has 0 radical (unpaired) electrons. The molecule has 110 valence electrons. The fourth-order valence-electron chi connectivity index (χ4n) is 1.47. The molecule has 0 amide bonds. The first-order valence-electron chi connectivity index (χ1n) is 5.36. The van der Waals surface area contributed by atoms with Gasteiger partial charge in [0, 0.05) is 5.02 Å². The molecule has 0 aliphatic rings. The Morgan fingerprint density at radius 1 is 1.35 bits per heavy atom. The van der Waals surface area contributed by atoms with E-state index in [1.807, 2.05) is 4.72 Å². The molecule has 0 aliphatic heterocycles. The number of carbonyl (C=O) groups is 2. The van der Waals surface area contributed by atoms with Gasteiger partial charge >= 0.3 is 11.9 Å². The van der Waals surface area contributed by atoms with E-state index in [-0.39, 0.29) is 9.92 Å². The summed E-state index contributed by atoms with van der Waals surface area (Å²) in [6, 6.07) is 2.36. The number of rotatable bonds is 6. The second-order valence-corrected chi connectivity index (χ2v) is 6.14. The van der Waals surface area contributed by atoms with Gasteiger partial charge in [-0.25, -0.2) is 8.42 Å². The number of hydrogen-bond donors (Lipinski definition) is 3. The summed E-state index contributed by atoms with van der Waals surface area (Å²) in [7, 11) is -4.18. The van der Waals surface area contributed by atoms with Gasteiger partial charge < -0.3 is 10.2 Å². The van der Waals surface area contributed by atoms with Crippen molar-refractivity contribution in [2.75, 3.05) is 0 Å². The van der Waals surface area contributed by atoms with E-state index in [0.29, 0.717) is 5.56 Å². The number of hydrogen-bond acceptors (Lipinski definition) is 4. The quantitative estimate of drug-likeness (QED) is 0.714. The van der Waals surface area contributed by atoms with Crippen molar-refractivity contribution in [1.82, 2.24) is 4.72 Å². The first kappa shape index (κ1) is 16.4. The Labute approximate surface area is 120 Å². The maximum Gasteiger partial charge on any atom is 0.322 e. The highest BCUT2D eigenvalue weighted by Gasteiger charge is 2.28. The zero-order valence-corrected chi connectivity index (χ0v) is 11.9. The standard InChI is InChI=1S/C11H12ClNO6S/c1-6-2-3-7(12)4-9(6)20(18,19)13-8(11(16)17)5-10(14)15/h2-4,8,13H,5H2,1H3,(H,14,15)(H,16,17)/t8-/m0/s1. The Morgan fingerprint density at radius 2 is 1.95 bits per heavy atom. The average Bonchev–Trinajstić information content (AvgIpc) is 2.30. The van der Waals surface area contributed by atoms with E-state index in [2.05, 4.69) is 0 Å². The Hall–Kier alpha value is -1.64. The van der Waals surface area contributed by atoms with Crippen LogP contribution in [0.5, 0.6) is 0 Å². The van der Waals surface area contributed by atoms with Crippen LogP contribution in [0.4, 0.5) is 0 Å². The van der Waals surface area contributed by atoms with Gasteiger partial charge in [-0.05, 0) is 24.6 Å². The molecule has 9 heteroatoms. The highest BCUT2D eigenvalue weighted by molar-refractivity contribution is 7.89. The normalized spacial score (nSPS) is 12.9. The van der Waals surface area contributed by atoms with Gasteiger partial charge in [-0.15, -0.1) is 0 Å². The van der Waals surface area contributed by atoms with E-state index in [1.165, 1.54) is 25.1 Å². The van der Waals surface area contributed by atoms with Crippen LogP contribution in [0.25, 0.3) is 0 Å². The molecular formula is C11H12ClNO6S. The minimum absolute atomic E-state index is 0.168. The zero-order chi connectivity index (χ0) is 15.5. The highest BCUT2D eigenvalue weighted by atomic mass is 35.5. The van der Waals surface area contributed by atoms with E-state index in [1.54, 1.807) is 0 Å². The molecule has 0 spiro atoms. The Kier molecular flexibility index (Phi) is 5.09. The van der Waals surface area contributed by atoms with Gasteiger partial charge in [0.2, 0.25) is 10.0 Å². The van der Waals surface area contributed by atoms with Crippen LogP contribution in [0.2, 0.25) is 5.02 Å². The molecule has 0 aliphatic carbocycles. The maximum absolute atomic E-state index is 12.1. The summed E-state index contributed by atoms with van der Waals surface area (Å²) in [4.78, 5) is 21.2. The molecule has 20 heavy (non-hydrogen) atoms. The van der Waals surface area contributed by atoms with Crippen molar-refractivity contribution in [2.45, 2.75) is 24.3 Å².